The molecule has 3 N–H and O–H groups in total. The fourth-order valence-corrected chi connectivity index (χ4v) is 3.22. The van der Waals surface area contributed by atoms with Crippen molar-refractivity contribution in [1.82, 2.24) is 10.2 Å². The molecule has 0 bridgehead atoms. The van der Waals surface area contributed by atoms with Crippen molar-refractivity contribution in [2.75, 3.05) is 26.2 Å². The van der Waals surface area contributed by atoms with E-state index < -0.39 is 0 Å². The Morgan fingerprint density at radius 1 is 1.27 bits per heavy atom. The zero-order valence-electron chi connectivity index (χ0n) is 15.7. The van der Waals surface area contributed by atoms with Gasteiger partial charge in [0.15, 0.2) is 6.61 Å². The molecule has 26 heavy (non-hydrogen) atoms. The second-order valence-corrected chi connectivity index (χ2v) is 7.16. The maximum atomic E-state index is 12.3. The van der Waals surface area contributed by atoms with Gasteiger partial charge in [-0.3, -0.25) is 9.59 Å². The lowest BCUT2D eigenvalue weighted by Gasteiger charge is -2.23. The molecule has 0 radical (unpaired) electrons. The summed E-state index contributed by atoms with van der Waals surface area (Å²) in [5, 5.41) is 3.09. The molecular weight excluding hydrogens is 354 g/mol. The average Bonchev–Trinajstić information content (AvgIpc) is 2.95. The standard InChI is InChI=1S/C19H29N3O3.ClH/c1-13(2)16-10-22(9-8-18(20)23)11-17(16)21-19(24)12-25-15-6-4-14(3)5-7-15;/h4-7,13,16-17H,8-12H2,1-3H3,(H2,20,23)(H,21,24);1H/t16-,17+;/m1./s1. The number of rotatable bonds is 8. The van der Waals surface area contributed by atoms with Crippen molar-refractivity contribution in [1.29, 1.82) is 0 Å². The molecule has 1 fully saturated rings. The van der Waals surface area contributed by atoms with Gasteiger partial charge in [0.2, 0.25) is 5.91 Å². The minimum absolute atomic E-state index is 0. The molecule has 1 aromatic carbocycles. The quantitative estimate of drug-likeness (QED) is 0.716. The van der Waals surface area contributed by atoms with Crippen molar-refractivity contribution in [3.8, 4) is 5.75 Å². The van der Waals surface area contributed by atoms with Crippen molar-refractivity contribution in [2.24, 2.45) is 17.6 Å². The molecule has 2 amide bonds. The van der Waals surface area contributed by atoms with E-state index in [4.69, 9.17) is 10.5 Å². The maximum Gasteiger partial charge on any atom is 0.258 e. The molecular formula is C19H30ClN3O3. The van der Waals surface area contributed by atoms with Gasteiger partial charge in [0.25, 0.3) is 5.91 Å². The second-order valence-electron chi connectivity index (χ2n) is 7.16. The highest BCUT2D eigenvalue weighted by molar-refractivity contribution is 5.85. The van der Waals surface area contributed by atoms with E-state index in [1.807, 2.05) is 31.2 Å². The minimum atomic E-state index is -0.292. The molecule has 1 heterocycles. The van der Waals surface area contributed by atoms with Crippen molar-refractivity contribution >= 4 is 24.2 Å². The summed E-state index contributed by atoms with van der Waals surface area (Å²) in [7, 11) is 0. The Morgan fingerprint density at radius 2 is 1.92 bits per heavy atom. The number of nitrogens with one attached hydrogen (secondary N) is 1. The number of benzene rings is 1. The van der Waals surface area contributed by atoms with Crippen LogP contribution in [0.15, 0.2) is 24.3 Å². The molecule has 1 aliphatic heterocycles. The smallest absolute Gasteiger partial charge is 0.258 e. The summed E-state index contributed by atoms with van der Waals surface area (Å²) in [4.78, 5) is 25.4. The van der Waals surface area contributed by atoms with Crippen LogP contribution in [-0.4, -0.2) is 49.0 Å². The van der Waals surface area contributed by atoms with Gasteiger partial charge < -0.3 is 20.7 Å². The number of primary amides is 1. The summed E-state index contributed by atoms with van der Waals surface area (Å²) in [6.45, 7) is 8.58. The number of aryl methyl sites for hydroxylation is 1. The Morgan fingerprint density at radius 3 is 2.50 bits per heavy atom. The number of nitrogens with zero attached hydrogens (tertiary/aromatic N) is 1. The van der Waals surface area contributed by atoms with Crippen molar-refractivity contribution < 1.29 is 14.3 Å². The summed E-state index contributed by atoms with van der Waals surface area (Å²) in [6.07, 6.45) is 0.349. The number of hydrogen-bond donors (Lipinski definition) is 2. The lowest BCUT2D eigenvalue weighted by atomic mass is 9.91. The van der Waals surface area contributed by atoms with Gasteiger partial charge in [0.05, 0.1) is 0 Å². The third-order valence-electron chi connectivity index (χ3n) is 4.71. The Bertz CT molecular complexity index is 592. The maximum absolute atomic E-state index is 12.3. The van der Waals surface area contributed by atoms with E-state index in [1.165, 1.54) is 0 Å². The normalized spacial score (nSPS) is 19.8. The Kier molecular flexibility index (Phi) is 8.88. The van der Waals surface area contributed by atoms with Gasteiger partial charge in [-0.25, -0.2) is 0 Å². The van der Waals surface area contributed by atoms with Gasteiger partial charge in [-0.15, -0.1) is 12.4 Å². The van der Waals surface area contributed by atoms with Crippen LogP contribution in [0, 0.1) is 18.8 Å². The number of carbonyl (C=O) groups is 2. The van der Waals surface area contributed by atoms with Crippen LogP contribution in [0.3, 0.4) is 0 Å². The van der Waals surface area contributed by atoms with Crippen LogP contribution in [0.25, 0.3) is 0 Å². The molecule has 0 spiro atoms. The number of amides is 2. The number of ether oxygens (including phenoxy) is 1. The van der Waals surface area contributed by atoms with E-state index in [0.29, 0.717) is 30.6 Å². The van der Waals surface area contributed by atoms with Crippen LogP contribution in [0.4, 0.5) is 0 Å². The van der Waals surface area contributed by atoms with Crippen molar-refractivity contribution in [3.63, 3.8) is 0 Å². The third-order valence-corrected chi connectivity index (χ3v) is 4.71. The van der Waals surface area contributed by atoms with E-state index >= 15 is 0 Å². The molecule has 0 aromatic heterocycles. The first-order valence-electron chi connectivity index (χ1n) is 8.84. The predicted octanol–water partition coefficient (Wildman–Crippen LogP) is 1.74. The summed E-state index contributed by atoms with van der Waals surface area (Å²) >= 11 is 0. The number of halogens is 1. The topological polar surface area (TPSA) is 84.7 Å². The fourth-order valence-electron chi connectivity index (χ4n) is 3.22. The molecule has 0 aliphatic carbocycles. The first-order valence-corrected chi connectivity index (χ1v) is 8.84. The summed E-state index contributed by atoms with van der Waals surface area (Å²) < 4.78 is 5.55. The average molecular weight is 384 g/mol. The molecule has 7 heteroatoms. The van der Waals surface area contributed by atoms with E-state index in [2.05, 4.69) is 24.1 Å². The Hall–Kier alpha value is -1.79. The molecule has 0 saturated carbocycles. The molecule has 2 rings (SSSR count). The van der Waals surface area contributed by atoms with E-state index in [9.17, 15) is 9.59 Å². The van der Waals surface area contributed by atoms with Crippen LogP contribution >= 0.6 is 12.4 Å². The number of nitrogens with two attached hydrogens (primary N) is 1. The molecule has 0 unspecified atom stereocenters. The van der Waals surface area contributed by atoms with Crippen LogP contribution < -0.4 is 15.8 Å². The molecule has 146 valence electrons. The first kappa shape index (κ1) is 22.3. The van der Waals surface area contributed by atoms with Crippen molar-refractivity contribution in [2.45, 2.75) is 33.2 Å². The number of likely N-dealkylation sites (tertiary alicyclic amines) is 1. The Labute approximate surface area is 161 Å². The zero-order chi connectivity index (χ0) is 18.4. The van der Waals surface area contributed by atoms with E-state index in [1.54, 1.807) is 0 Å². The van der Waals surface area contributed by atoms with Gasteiger partial charge in [0, 0.05) is 32.1 Å². The predicted molar refractivity (Wildman–Crippen MR) is 104 cm³/mol. The fraction of sp³-hybridized carbons (Fsp3) is 0.579. The van der Waals surface area contributed by atoms with Crippen LogP contribution in [-0.2, 0) is 9.59 Å². The van der Waals surface area contributed by atoms with E-state index in [0.717, 1.165) is 18.7 Å². The monoisotopic (exact) mass is 383 g/mol. The number of carbonyl (C=O) groups excluding carboxylic acids is 2. The molecule has 1 saturated heterocycles. The third kappa shape index (κ3) is 6.84. The highest BCUT2D eigenvalue weighted by Crippen LogP contribution is 2.24. The van der Waals surface area contributed by atoms with Crippen LogP contribution in [0.2, 0.25) is 0 Å². The number of hydrogen-bond acceptors (Lipinski definition) is 4. The lowest BCUT2D eigenvalue weighted by molar-refractivity contribution is -0.124. The zero-order valence-corrected chi connectivity index (χ0v) is 16.6. The highest BCUT2D eigenvalue weighted by atomic mass is 35.5. The molecule has 6 nitrogen and oxygen atoms in total. The summed E-state index contributed by atoms with van der Waals surface area (Å²) in [5.41, 5.74) is 6.38. The van der Waals surface area contributed by atoms with Gasteiger partial charge in [-0.2, -0.15) is 0 Å². The molecule has 1 aliphatic rings. The molecule has 2 atom stereocenters. The summed E-state index contributed by atoms with van der Waals surface area (Å²) in [6, 6.07) is 7.70. The van der Waals surface area contributed by atoms with E-state index in [-0.39, 0.29) is 36.9 Å². The first-order chi connectivity index (χ1) is 11.8. The van der Waals surface area contributed by atoms with Gasteiger partial charge in [0.1, 0.15) is 5.75 Å². The minimum Gasteiger partial charge on any atom is -0.484 e. The second kappa shape index (κ2) is 10.4. The SMILES string of the molecule is Cc1ccc(OCC(=O)N[C@H]2CN(CCC(N)=O)C[C@@H]2C(C)C)cc1.Cl. The van der Waals surface area contributed by atoms with Gasteiger partial charge in [-0.05, 0) is 30.9 Å². The summed E-state index contributed by atoms with van der Waals surface area (Å²) in [5.74, 6) is 1.09. The van der Waals surface area contributed by atoms with Gasteiger partial charge in [-0.1, -0.05) is 31.5 Å². The lowest BCUT2D eigenvalue weighted by Crippen LogP contribution is -2.44. The van der Waals surface area contributed by atoms with Crippen LogP contribution in [0.5, 0.6) is 5.75 Å². The highest BCUT2D eigenvalue weighted by Gasteiger charge is 2.35. The van der Waals surface area contributed by atoms with Crippen molar-refractivity contribution in [3.05, 3.63) is 29.8 Å². The molecule has 1 aromatic rings. The van der Waals surface area contributed by atoms with Gasteiger partial charge >= 0.3 is 0 Å². The van der Waals surface area contributed by atoms with Crippen LogP contribution in [0.1, 0.15) is 25.8 Å². The largest absolute Gasteiger partial charge is 0.484 e. The Balaban J connectivity index is 0.00000338.